The summed E-state index contributed by atoms with van der Waals surface area (Å²) in [5, 5.41) is 0. The molecular formula is C12H16O3. The molecule has 1 aromatic carbocycles. The van der Waals surface area contributed by atoms with Gasteiger partial charge in [0.05, 0.1) is 6.61 Å². The van der Waals surface area contributed by atoms with E-state index >= 15 is 0 Å². The van der Waals surface area contributed by atoms with Gasteiger partial charge in [-0.25, -0.2) is 0 Å². The van der Waals surface area contributed by atoms with Crippen molar-refractivity contribution in [2.24, 2.45) is 5.92 Å². The van der Waals surface area contributed by atoms with Gasteiger partial charge in [0, 0.05) is 6.07 Å². The lowest BCUT2D eigenvalue weighted by molar-refractivity contribution is 0.243. The maximum Gasteiger partial charge on any atom is 0.267 e. The predicted octanol–water partition coefficient (Wildman–Crippen LogP) is 1.63. The first-order valence-electron chi connectivity index (χ1n) is 5.70. The fourth-order valence-corrected chi connectivity index (χ4v) is 2.21. The van der Waals surface area contributed by atoms with Gasteiger partial charge in [-0.3, -0.25) is 9.59 Å². The van der Waals surface area contributed by atoms with Crippen molar-refractivity contribution in [1.82, 2.24) is 0 Å². The maximum absolute atomic E-state index is 10.9. The highest BCUT2D eigenvalue weighted by Crippen LogP contribution is 2.26. The van der Waals surface area contributed by atoms with Gasteiger partial charge in [-0.05, 0) is 12.3 Å². The number of hydrogen-bond acceptors (Lipinski definition) is 3. The molecule has 3 heteroatoms. The van der Waals surface area contributed by atoms with E-state index in [2.05, 4.69) is 0 Å². The average Bonchev–Trinajstić information content (AvgIpc) is 2.29. The fourth-order valence-electron chi connectivity index (χ4n) is 2.21. The molecule has 0 spiro atoms. The molecule has 0 aromatic heterocycles. The second kappa shape index (κ2) is 4.60. The molecule has 0 heterocycles. The topological polar surface area (TPSA) is 43.4 Å². The summed E-state index contributed by atoms with van der Waals surface area (Å²) in [5.41, 5.74) is -0.888. The van der Waals surface area contributed by atoms with Crippen LogP contribution in [0.25, 0.3) is 0 Å². The Balaban J connectivity index is 1.69. The zero-order valence-electron chi connectivity index (χ0n) is 8.83. The molecule has 0 N–H and O–H groups in total. The van der Waals surface area contributed by atoms with Crippen molar-refractivity contribution in [2.75, 3.05) is 6.61 Å². The van der Waals surface area contributed by atoms with Crippen LogP contribution in [0.3, 0.4) is 0 Å². The first-order chi connectivity index (χ1) is 7.27. The van der Waals surface area contributed by atoms with E-state index in [0.29, 0.717) is 6.61 Å². The second-order valence-corrected chi connectivity index (χ2v) is 4.34. The maximum atomic E-state index is 10.9. The highest BCUT2D eigenvalue weighted by molar-refractivity contribution is 5.26. The third-order valence-electron chi connectivity index (χ3n) is 3.22. The summed E-state index contributed by atoms with van der Waals surface area (Å²) in [4.78, 5) is 21.5. The van der Waals surface area contributed by atoms with Gasteiger partial charge >= 0.3 is 0 Å². The zero-order chi connectivity index (χ0) is 10.7. The van der Waals surface area contributed by atoms with Gasteiger partial charge in [-0.15, -0.1) is 0 Å². The molecule has 0 atom stereocenters. The zero-order valence-corrected chi connectivity index (χ0v) is 8.83. The van der Waals surface area contributed by atoms with Gasteiger partial charge in [0.25, 0.3) is 5.43 Å². The Bertz CT molecular complexity index is 381. The number of hydrogen-bond donors (Lipinski definition) is 0. The lowest BCUT2D eigenvalue weighted by Crippen LogP contribution is -2.31. The van der Waals surface area contributed by atoms with Crippen molar-refractivity contribution in [3.63, 3.8) is 0 Å². The molecule has 0 radical (unpaired) electrons. The monoisotopic (exact) mass is 208 g/mol. The van der Waals surface area contributed by atoms with Crippen LogP contribution in [0.5, 0.6) is 5.75 Å². The van der Waals surface area contributed by atoms with Crippen LogP contribution in [0.15, 0.2) is 15.7 Å². The van der Waals surface area contributed by atoms with Crippen LogP contribution in [0.1, 0.15) is 38.5 Å². The van der Waals surface area contributed by atoms with Gasteiger partial charge in [-0.1, -0.05) is 32.1 Å². The SMILES string of the molecule is O=c1cc(OCCC2CCCCC2)c1=O. The van der Waals surface area contributed by atoms with Crippen LogP contribution in [-0.4, -0.2) is 6.61 Å². The molecule has 1 aliphatic carbocycles. The van der Waals surface area contributed by atoms with E-state index < -0.39 is 10.9 Å². The summed E-state index contributed by atoms with van der Waals surface area (Å²) in [5.74, 6) is 1.01. The Labute approximate surface area is 88.8 Å². The van der Waals surface area contributed by atoms with Crippen LogP contribution >= 0.6 is 0 Å². The van der Waals surface area contributed by atoms with Crippen molar-refractivity contribution in [1.29, 1.82) is 0 Å². The third kappa shape index (κ3) is 2.46. The molecule has 3 nitrogen and oxygen atoms in total. The van der Waals surface area contributed by atoms with Crippen LogP contribution in [-0.2, 0) is 0 Å². The molecule has 1 saturated carbocycles. The molecule has 0 aliphatic heterocycles. The Morgan fingerprint density at radius 2 is 1.93 bits per heavy atom. The summed E-state index contributed by atoms with van der Waals surface area (Å²) in [6.07, 6.45) is 7.59. The smallest absolute Gasteiger partial charge is 0.267 e. The fraction of sp³-hybridized carbons (Fsp3) is 0.667. The van der Waals surface area contributed by atoms with E-state index in [1.54, 1.807) is 0 Å². The van der Waals surface area contributed by atoms with Gasteiger partial charge in [0.1, 0.15) is 0 Å². The quantitative estimate of drug-likeness (QED) is 0.706. The Hall–Kier alpha value is -1.12. The first kappa shape index (κ1) is 10.4. The van der Waals surface area contributed by atoms with Crippen molar-refractivity contribution in [3.05, 3.63) is 26.5 Å². The molecule has 0 bridgehead atoms. The average molecular weight is 208 g/mol. The Morgan fingerprint density at radius 3 is 2.53 bits per heavy atom. The van der Waals surface area contributed by atoms with Gasteiger partial charge in [-0.2, -0.15) is 0 Å². The molecule has 1 aromatic rings. The lowest BCUT2D eigenvalue weighted by atomic mass is 9.87. The summed E-state index contributed by atoms with van der Waals surface area (Å²) >= 11 is 0. The predicted molar refractivity (Wildman–Crippen MR) is 58.0 cm³/mol. The third-order valence-corrected chi connectivity index (χ3v) is 3.22. The van der Waals surface area contributed by atoms with Crippen molar-refractivity contribution < 1.29 is 4.74 Å². The molecule has 82 valence electrons. The van der Waals surface area contributed by atoms with Crippen LogP contribution in [0.2, 0.25) is 0 Å². The van der Waals surface area contributed by atoms with Crippen molar-refractivity contribution in [2.45, 2.75) is 38.5 Å². The Morgan fingerprint density at radius 1 is 1.20 bits per heavy atom. The van der Waals surface area contributed by atoms with Crippen LogP contribution < -0.4 is 15.6 Å². The number of ether oxygens (including phenoxy) is 1. The van der Waals surface area contributed by atoms with Gasteiger partial charge in [0.2, 0.25) is 5.43 Å². The highest BCUT2D eigenvalue weighted by atomic mass is 16.5. The minimum Gasteiger partial charge on any atom is -0.489 e. The second-order valence-electron chi connectivity index (χ2n) is 4.34. The van der Waals surface area contributed by atoms with Crippen LogP contribution in [0, 0.1) is 5.92 Å². The van der Waals surface area contributed by atoms with Gasteiger partial charge in [0.15, 0.2) is 5.75 Å². The van der Waals surface area contributed by atoms with E-state index in [4.69, 9.17) is 4.74 Å². The summed E-state index contributed by atoms with van der Waals surface area (Å²) in [6, 6.07) is 1.28. The van der Waals surface area contributed by atoms with E-state index in [0.717, 1.165) is 12.3 Å². The molecule has 0 amide bonds. The minimum atomic E-state index is -0.460. The molecule has 2 rings (SSSR count). The van der Waals surface area contributed by atoms with E-state index in [1.807, 2.05) is 0 Å². The summed E-state index contributed by atoms with van der Waals surface area (Å²) in [7, 11) is 0. The highest BCUT2D eigenvalue weighted by Gasteiger charge is 2.15. The first-order valence-corrected chi connectivity index (χ1v) is 5.70. The molecular weight excluding hydrogens is 192 g/mol. The summed E-state index contributed by atoms with van der Waals surface area (Å²) in [6.45, 7) is 0.579. The van der Waals surface area contributed by atoms with Crippen molar-refractivity contribution >= 4 is 0 Å². The molecule has 0 saturated heterocycles. The molecule has 1 fully saturated rings. The molecule has 1 aliphatic rings. The van der Waals surface area contributed by atoms with E-state index in [-0.39, 0.29) is 5.75 Å². The van der Waals surface area contributed by atoms with Crippen molar-refractivity contribution in [3.8, 4) is 5.75 Å². The lowest BCUT2D eigenvalue weighted by Gasteiger charge is -2.21. The van der Waals surface area contributed by atoms with E-state index in [9.17, 15) is 9.59 Å². The Kier molecular flexibility index (Phi) is 3.19. The molecule has 15 heavy (non-hydrogen) atoms. The summed E-state index contributed by atoms with van der Waals surface area (Å²) < 4.78 is 5.25. The standard InChI is InChI=1S/C12H16O3/c13-10-8-11(12(10)14)15-7-6-9-4-2-1-3-5-9/h8-9H,1-7H2. The normalized spacial score (nSPS) is 18.1. The number of rotatable bonds is 4. The molecule has 0 unspecified atom stereocenters. The van der Waals surface area contributed by atoms with Crippen LogP contribution in [0.4, 0.5) is 0 Å². The minimum absolute atomic E-state index is 0.260. The largest absolute Gasteiger partial charge is 0.489 e. The van der Waals surface area contributed by atoms with Gasteiger partial charge < -0.3 is 4.74 Å². The van der Waals surface area contributed by atoms with E-state index in [1.165, 1.54) is 38.2 Å².